The van der Waals surface area contributed by atoms with E-state index in [2.05, 4.69) is 20.6 Å². The first kappa shape index (κ1) is 24.1. The number of ether oxygens (including phenoxy) is 1. The Balaban J connectivity index is 1.39. The number of nitrogens with zero attached hydrogens (tertiary/aromatic N) is 2. The number of hydrogen-bond acceptors (Lipinski definition) is 5. The van der Waals surface area contributed by atoms with Gasteiger partial charge < -0.3 is 15.4 Å². The van der Waals surface area contributed by atoms with Gasteiger partial charge in [-0.3, -0.25) is 9.78 Å². The second-order valence-corrected chi connectivity index (χ2v) is 7.19. The van der Waals surface area contributed by atoms with Crippen molar-refractivity contribution in [2.45, 2.75) is 12.8 Å². The summed E-state index contributed by atoms with van der Waals surface area (Å²) in [5, 5.41) is 5.29. The Kier molecular flexibility index (Phi) is 8.26. The van der Waals surface area contributed by atoms with E-state index in [1.165, 1.54) is 6.08 Å². The first-order chi connectivity index (χ1) is 15.8. The van der Waals surface area contributed by atoms with Crippen molar-refractivity contribution in [3.8, 4) is 5.75 Å². The molecule has 6 nitrogen and oxygen atoms in total. The van der Waals surface area contributed by atoms with Crippen LogP contribution in [0.3, 0.4) is 0 Å². The Hall–Kier alpha value is -3.59. The molecule has 2 N–H and O–H groups in total. The van der Waals surface area contributed by atoms with Crippen LogP contribution in [0.5, 0.6) is 5.75 Å². The molecule has 2 heterocycles. The lowest BCUT2D eigenvalue weighted by Gasteiger charge is -2.11. The molecule has 0 aliphatic rings. The summed E-state index contributed by atoms with van der Waals surface area (Å²) in [6, 6.07) is 13.6. The molecule has 10 heteroatoms. The maximum Gasteiger partial charge on any atom is 0.417 e. The summed E-state index contributed by atoms with van der Waals surface area (Å²) in [5.41, 5.74) is 0.711. The minimum absolute atomic E-state index is 0.111. The van der Waals surface area contributed by atoms with Gasteiger partial charge in [-0.15, -0.1) is 0 Å². The second kappa shape index (κ2) is 11.3. The molecule has 0 saturated heterocycles. The third kappa shape index (κ3) is 7.80. The number of carbonyl (C=O) groups is 1. The summed E-state index contributed by atoms with van der Waals surface area (Å²) in [4.78, 5) is 19.8. The third-order valence-corrected chi connectivity index (χ3v) is 4.59. The summed E-state index contributed by atoms with van der Waals surface area (Å²) >= 11 is 5.82. The SMILES string of the molecule is O=C(/C=C/c1ccc(OCc2ccccn2)cc1)NCCNc1ncc(C(F)(F)F)cc1Cl. The van der Waals surface area contributed by atoms with Crippen molar-refractivity contribution >= 4 is 29.4 Å². The quantitative estimate of drug-likeness (QED) is 0.337. The molecule has 0 fully saturated rings. The molecule has 0 bridgehead atoms. The Bertz CT molecular complexity index is 1090. The van der Waals surface area contributed by atoms with Crippen LogP contribution in [0.25, 0.3) is 6.08 Å². The Labute approximate surface area is 193 Å². The molecule has 0 atom stereocenters. The van der Waals surface area contributed by atoms with Crippen molar-refractivity contribution in [2.24, 2.45) is 0 Å². The Morgan fingerprint density at radius 2 is 1.88 bits per heavy atom. The number of rotatable bonds is 9. The molecule has 0 aliphatic heterocycles. The maximum atomic E-state index is 12.6. The van der Waals surface area contributed by atoms with Gasteiger partial charge in [0.05, 0.1) is 16.3 Å². The monoisotopic (exact) mass is 476 g/mol. The van der Waals surface area contributed by atoms with Gasteiger partial charge in [-0.25, -0.2) is 4.98 Å². The van der Waals surface area contributed by atoms with Crippen LogP contribution in [0.4, 0.5) is 19.0 Å². The van der Waals surface area contributed by atoms with Crippen LogP contribution in [-0.4, -0.2) is 29.0 Å². The lowest BCUT2D eigenvalue weighted by Crippen LogP contribution is -2.27. The van der Waals surface area contributed by atoms with Crippen LogP contribution in [0.1, 0.15) is 16.8 Å². The number of aromatic nitrogens is 2. The standard InChI is InChI=1S/C23H20ClF3N4O2/c24-20-13-17(23(25,26)27)14-31-22(20)30-12-11-29-21(32)9-6-16-4-7-19(8-5-16)33-15-18-3-1-2-10-28-18/h1-10,13-14H,11-12,15H2,(H,29,32)(H,30,31)/b9-6+. The molecule has 1 amide bonds. The first-order valence-corrected chi connectivity index (χ1v) is 10.2. The molecular weight excluding hydrogens is 457 g/mol. The lowest BCUT2D eigenvalue weighted by atomic mass is 10.2. The fourth-order valence-electron chi connectivity index (χ4n) is 2.64. The third-order valence-electron chi connectivity index (χ3n) is 4.31. The predicted octanol–water partition coefficient (Wildman–Crippen LogP) is 4.97. The van der Waals surface area contributed by atoms with Crippen LogP contribution < -0.4 is 15.4 Å². The van der Waals surface area contributed by atoms with E-state index in [-0.39, 0.29) is 29.8 Å². The first-order valence-electron chi connectivity index (χ1n) is 9.86. The Morgan fingerprint density at radius 3 is 2.55 bits per heavy atom. The zero-order valence-electron chi connectivity index (χ0n) is 17.3. The maximum absolute atomic E-state index is 12.6. The van der Waals surface area contributed by atoms with Crippen LogP contribution in [-0.2, 0) is 17.6 Å². The molecule has 1 aromatic carbocycles. The van der Waals surface area contributed by atoms with Crippen LogP contribution in [0, 0.1) is 0 Å². The van der Waals surface area contributed by atoms with Gasteiger partial charge in [0.2, 0.25) is 5.91 Å². The summed E-state index contributed by atoms with van der Waals surface area (Å²) in [6.45, 7) is 0.822. The van der Waals surface area contributed by atoms with E-state index in [1.54, 1.807) is 24.4 Å². The Morgan fingerprint density at radius 1 is 1.09 bits per heavy atom. The molecule has 33 heavy (non-hydrogen) atoms. The normalized spacial score (nSPS) is 11.4. The number of anilines is 1. The highest BCUT2D eigenvalue weighted by atomic mass is 35.5. The summed E-state index contributed by atoms with van der Waals surface area (Å²) in [6.07, 6.45) is 0.925. The molecule has 0 aliphatic carbocycles. The van der Waals surface area contributed by atoms with Gasteiger partial charge in [0.15, 0.2) is 0 Å². The molecule has 0 unspecified atom stereocenters. The number of pyridine rings is 2. The molecule has 172 valence electrons. The van der Waals surface area contributed by atoms with Gasteiger partial charge in [-0.1, -0.05) is 29.8 Å². The lowest BCUT2D eigenvalue weighted by molar-refractivity contribution is -0.137. The molecule has 0 spiro atoms. The molecule has 2 aromatic heterocycles. The van der Waals surface area contributed by atoms with Gasteiger partial charge >= 0.3 is 6.18 Å². The van der Waals surface area contributed by atoms with Gasteiger partial charge in [-0.05, 0) is 42.0 Å². The zero-order valence-corrected chi connectivity index (χ0v) is 18.0. The number of alkyl halides is 3. The second-order valence-electron chi connectivity index (χ2n) is 6.78. The predicted molar refractivity (Wildman–Crippen MR) is 120 cm³/mol. The highest BCUT2D eigenvalue weighted by Gasteiger charge is 2.31. The zero-order chi connectivity index (χ0) is 23.7. The smallest absolute Gasteiger partial charge is 0.417 e. The fraction of sp³-hybridized carbons (Fsp3) is 0.174. The van der Waals surface area contributed by atoms with Crippen molar-refractivity contribution < 1.29 is 22.7 Å². The molecule has 3 rings (SSSR count). The highest BCUT2D eigenvalue weighted by Crippen LogP contribution is 2.32. The topological polar surface area (TPSA) is 76.1 Å². The largest absolute Gasteiger partial charge is 0.487 e. The number of benzene rings is 1. The van der Waals surface area contributed by atoms with Crippen LogP contribution in [0.2, 0.25) is 5.02 Å². The summed E-state index contributed by atoms with van der Waals surface area (Å²) < 4.78 is 43.5. The summed E-state index contributed by atoms with van der Waals surface area (Å²) in [7, 11) is 0. The van der Waals surface area contributed by atoms with Crippen molar-refractivity contribution in [1.29, 1.82) is 0 Å². The molecule has 0 radical (unpaired) electrons. The van der Waals surface area contributed by atoms with Gasteiger partial charge in [0.1, 0.15) is 18.2 Å². The number of halogens is 4. The van der Waals surface area contributed by atoms with Crippen molar-refractivity contribution in [3.63, 3.8) is 0 Å². The minimum atomic E-state index is -4.51. The van der Waals surface area contributed by atoms with Crippen LogP contribution >= 0.6 is 11.6 Å². The molecule has 3 aromatic rings. The van der Waals surface area contributed by atoms with Gasteiger partial charge in [0.25, 0.3) is 0 Å². The average molecular weight is 477 g/mol. The van der Waals surface area contributed by atoms with Crippen molar-refractivity contribution in [2.75, 3.05) is 18.4 Å². The van der Waals surface area contributed by atoms with Gasteiger partial charge in [-0.2, -0.15) is 13.2 Å². The fourth-order valence-corrected chi connectivity index (χ4v) is 2.87. The van der Waals surface area contributed by atoms with E-state index >= 15 is 0 Å². The van der Waals surface area contributed by atoms with E-state index in [0.29, 0.717) is 18.6 Å². The highest BCUT2D eigenvalue weighted by molar-refractivity contribution is 6.32. The van der Waals surface area contributed by atoms with E-state index in [4.69, 9.17) is 16.3 Å². The molecule has 0 saturated carbocycles. The van der Waals surface area contributed by atoms with Crippen molar-refractivity contribution in [3.05, 3.63) is 88.8 Å². The van der Waals surface area contributed by atoms with E-state index in [1.807, 2.05) is 30.3 Å². The van der Waals surface area contributed by atoms with Crippen molar-refractivity contribution in [1.82, 2.24) is 15.3 Å². The van der Waals surface area contributed by atoms with E-state index in [0.717, 1.165) is 17.3 Å². The van der Waals surface area contributed by atoms with Gasteiger partial charge in [0, 0.05) is 31.6 Å². The van der Waals surface area contributed by atoms with Crippen LogP contribution in [0.15, 0.2) is 67.0 Å². The average Bonchev–Trinajstić information content (AvgIpc) is 2.80. The minimum Gasteiger partial charge on any atom is -0.487 e. The number of nitrogens with one attached hydrogen (secondary N) is 2. The number of carbonyl (C=O) groups excluding carboxylic acids is 1. The van der Waals surface area contributed by atoms with E-state index in [9.17, 15) is 18.0 Å². The number of hydrogen-bond donors (Lipinski definition) is 2. The number of amides is 1. The molecular formula is C23H20ClF3N4O2. The summed E-state index contributed by atoms with van der Waals surface area (Å²) in [5.74, 6) is 0.474. The van der Waals surface area contributed by atoms with E-state index < -0.39 is 11.7 Å².